The zero-order valence-electron chi connectivity index (χ0n) is 10.3. The summed E-state index contributed by atoms with van der Waals surface area (Å²) in [6, 6.07) is 8.77. The Morgan fingerprint density at radius 1 is 1.18 bits per heavy atom. The lowest BCUT2D eigenvalue weighted by Crippen LogP contribution is -2.43. The van der Waals surface area contributed by atoms with Crippen LogP contribution >= 0.6 is 0 Å². The van der Waals surface area contributed by atoms with Crippen LogP contribution in [0.15, 0.2) is 30.3 Å². The van der Waals surface area contributed by atoms with E-state index in [-0.39, 0.29) is 12.2 Å². The highest BCUT2D eigenvalue weighted by atomic mass is 16.4. The van der Waals surface area contributed by atoms with Crippen molar-refractivity contribution < 1.29 is 14.7 Å². The third-order valence-electron chi connectivity index (χ3n) is 3.12. The van der Waals surface area contributed by atoms with Crippen LogP contribution in [0.1, 0.15) is 38.7 Å². The molecule has 0 fully saturated rings. The maximum Gasteiger partial charge on any atom is 0.321 e. The van der Waals surface area contributed by atoms with E-state index in [9.17, 15) is 14.7 Å². The molecule has 1 aromatic rings. The molecule has 1 rings (SSSR count). The Bertz CT molecular complexity index is 397. The van der Waals surface area contributed by atoms with Crippen molar-refractivity contribution in [2.45, 2.75) is 38.5 Å². The van der Waals surface area contributed by atoms with Gasteiger partial charge in [0.1, 0.15) is 0 Å². The highest BCUT2D eigenvalue weighted by Gasteiger charge is 2.44. The maximum atomic E-state index is 12.2. The molecule has 1 aromatic carbocycles. The van der Waals surface area contributed by atoms with Gasteiger partial charge in [-0.05, 0) is 18.4 Å². The van der Waals surface area contributed by atoms with E-state index in [1.807, 2.05) is 13.0 Å². The number of hydrogen-bond acceptors (Lipinski definition) is 2. The average molecular weight is 234 g/mol. The molecule has 3 heteroatoms. The maximum absolute atomic E-state index is 12.2. The van der Waals surface area contributed by atoms with Gasteiger partial charge in [-0.25, -0.2) is 0 Å². The number of rotatable bonds is 6. The van der Waals surface area contributed by atoms with E-state index in [1.54, 1.807) is 31.2 Å². The highest BCUT2D eigenvalue weighted by molar-refractivity contribution is 6.08. The fraction of sp³-hybridized carbons (Fsp3) is 0.429. The molecule has 0 aliphatic rings. The lowest BCUT2D eigenvalue weighted by Gasteiger charge is -2.27. The SMILES string of the molecule is CCCC(=O)C(CC)(C(=O)O)c1ccccc1. The topological polar surface area (TPSA) is 54.4 Å². The van der Waals surface area contributed by atoms with Gasteiger partial charge in [0.2, 0.25) is 0 Å². The van der Waals surface area contributed by atoms with Gasteiger partial charge in [-0.15, -0.1) is 0 Å². The first-order valence-electron chi connectivity index (χ1n) is 5.91. The van der Waals surface area contributed by atoms with Gasteiger partial charge >= 0.3 is 5.97 Å². The Balaban J connectivity index is 3.28. The Morgan fingerprint density at radius 3 is 2.18 bits per heavy atom. The number of ketones is 1. The smallest absolute Gasteiger partial charge is 0.321 e. The van der Waals surface area contributed by atoms with E-state index in [1.165, 1.54) is 0 Å². The molecular weight excluding hydrogens is 216 g/mol. The van der Waals surface area contributed by atoms with Crippen LogP contribution in [0.4, 0.5) is 0 Å². The number of carboxylic acid groups (broad SMARTS) is 1. The van der Waals surface area contributed by atoms with E-state index in [4.69, 9.17) is 0 Å². The van der Waals surface area contributed by atoms with Gasteiger partial charge < -0.3 is 5.11 Å². The van der Waals surface area contributed by atoms with Crippen molar-refractivity contribution in [2.24, 2.45) is 0 Å². The van der Waals surface area contributed by atoms with Gasteiger partial charge in [0.05, 0.1) is 0 Å². The van der Waals surface area contributed by atoms with Crippen molar-refractivity contribution >= 4 is 11.8 Å². The minimum Gasteiger partial charge on any atom is -0.480 e. The second-order valence-electron chi connectivity index (χ2n) is 4.10. The minimum atomic E-state index is -1.38. The van der Waals surface area contributed by atoms with Gasteiger partial charge in [-0.1, -0.05) is 44.2 Å². The van der Waals surface area contributed by atoms with Crippen molar-refractivity contribution in [1.82, 2.24) is 0 Å². The summed E-state index contributed by atoms with van der Waals surface area (Å²) in [5.41, 5.74) is -0.800. The molecule has 0 aromatic heterocycles. The van der Waals surface area contributed by atoms with Crippen LogP contribution in [0.3, 0.4) is 0 Å². The molecule has 0 spiro atoms. The van der Waals surface area contributed by atoms with Crippen LogP contribution in [0.5, 0.6) is 0 Å². The van der Waals surface area contributed by atoms with Crippen LogP contribution in [0.25, 0.3) is 0 Å². The summed E-state index contributed by atoms with van der Waals surface area (Å²) >= 11 is 0. The predicted octanol–water partition coefficient (Wildman–Crippen LogP) is 2.79. The van der Waals surface area contributed by atoms with E-state index >= 15 is 0 Å². The molecular formula is C14H18O3. The minimum absolute atomic E-state index is 0.207. The second-order valence-corrected chi connectivity index (χ2v) is 4.10. The van der Waals surface area contributed by atoms with Crippen molar-refractivity contribution in [1.29, 1.82) is 0 Å². The van der Waals surface area contributed by atoms with Crippen LogP contribution in [0, 0.1) is 0 Å². The molecule has 1 N–H and O–H groups in total. The fourth-order valence-electron chi connectivity index (χ4n) is 2.12. The van der Waals surface area contributed by atoms with Gasteiger partial charge in [-0.3, -0.25) is 9.59 Å². The average Bonchev–Trinajstić information content (AvgIpc) is 2.32. The zero-order chi connectivity index (χ0) is 12.9. The van der Waals surface area contributed by atoms with E-state index in [0.29, 0.717) is 18.4 Å². The Hall–Kier alpha value is -1.64. The first kappa shape index (κ1) is 13.4. The van der Waals surface area contributed by atoms with Gasteiger partial charge in [0.25, 0.3) is 0 Å². The molecule has 0 saturated carbocycles. The summed E-state index contributed by atoms with van der Waals surface area (Å²) in [4.78, 5) is 23.7. The number of Topliss-reactive ketones (excluding diaryl/α,β-unsaturated/α-hetero) is 1. The second kappa shape index (κ2) is 5.62. The molecule has 0 bridgehead atoms. The van der Waals surface area contributed by atoms with Crippen molar-refractivity contribution in [2.75, 3.05) is 0 Å². The van der Waals surface area contributed by atoms with Crippen LogP contribution in [-0.2, 0) is 15.0 Å². The van der Waals surface area contributed by atoms with E-state index in [0.717, 1.165) is 0 Å². The third kappa shape index (κ3) is 2.38. The quantitative estimate of drug-likeness (QED) is 0.770. The number of hydrogen-bond donors (Lipinski definition) is 1. The lowest BCUT2D eigenvalue weighted by molar-refractivity contribution is -0.149. The highest BCUT2D eigenvalue weighted by Crippen LogP contribution is 2.31. The number of carbonyl (C=O) groups is 2. The monoisotopic (exact) mass is 234 g/mol. The number of carboxylic acids is 1. The molecule has 3 nitrogen and oxygen atoms in total. The molecule has 0 amide bonds. The normalized spacial score (nSPS) is 14.0. The summed E-state index contributed by atoms with van der Waals surface area (Å²) in [5, 5.41) is 9.45. The first-order chi connectivity index (χ1) is 8.09. The fourth-order valence-corrected chi connectivity index (χ4v) is 2.12. The third-order valence-corrected chi connectivity index (χ3v) is 3.12. The first-order valence-corrected chi connectivity index (χ1v) is 5.91. The number of benzene rings is 1. The van der Waals surface area contributed by atoms with E-state index < -0.39 is 11.4 Å². The van der Waals surface area contributed by atoms with Crippen molar-refractivity contribution in [3.05, 3.63) is 35.9 Å². The summed E-state index contributed by atoms with van der Waals surface area (Å²) in [5.74, 6) is -1.26. The predicted molar refractivity (Wildman–Crippen MR) is 66.0 cm³/mol. The summed E-state index contributed by atoms with van der Waals surface area (Å²) in [6.45, 7) is 3.62. The molecule has 0 radical (unpaired) electrons. The largest absolute Gasteiger partial charge is 0.480 e. The van der Waals surface area contributed by atoms with Crippen LogP contribution < -0.4 is 0 Å². The molecule has 0 aliphatic carbocycles. The van der Waals surface area contributed by atoms with Gasteiger partial charge in [-0.2, -0.15) is 0 Å². The van der Waals surface area contributed by atoms with Crippen molar-refractivity contribution in [3.63, 3.8) is 0 Å². The summed E-state index contributed by atoms with van der Waals surface area (Å²) in [6.07, 6.45) is 1.25. The van der Waals surface area contributed by atoms with Gasteiger partial charge in [0, 0.05) is 6.42 Å². The molecule has 0 heterocycles. The number of aliphatic carboxylic acids is 1. The molecule has 17 heavy (non-hydrogen) atoms. The Morgan fingerprint density at radius 2 is 1.76 bits per heavy atom. The number of carbonyl (C=O) groups excluding carboxylic acids is 1. The molecule has 1 atom stereocenters. The lowest BCUT2D eigenvalue weighted by atomic mass is 9.73. The van der Waals surface area contributed by atoms with E-state index in [2.05, 4.69) is 0 Å². The molecule has 0 aliphatic heterocycles. The summed E-state index contributed by atoms with van der Waals surface area (Å²) in [7, 11) is 0. The molecule has 1 unspecified atom stereocenters. The standard InChI is InChI=1S/C14H18O3/c1-3-8-12(15)14(4-2,13(16)17)11-9-6-5-7-10-11/h5-7,9-10H,3-4,8H2,1-2H3,(H,16,17). The zero-order valence-corrected chi connectivity index (χ0v) is 10.3. The van der Waals surface area contributed by atoms with Crippen LogP contribution in [-0.4, -0.2) is 16.9 Å². The Labute approximate surface area is 101 Å². The molecule has 92 valence electrons. The molecule has 0 saturated heterocycles. The van der Waals surface area contributed by atoms with Crippen molar-refractivity contribution in [3.8, 4) is 0 Å². The summed E-state index contributed by atoms with van der Waals surface area (Å²) < 4.78 is 0. The van der Waals surface area contributed by atoms with Gasteiger partial charge in [0.15, 0.2) is 11.2 Å². The van der Waals surface area contributed by atoms with Crippen LogP contribution in [0.2, 0.25) is 0 Å². The Kier molecular flexibility index (Phi) is 4.44.